The highest BCUT2D eigenvalue weighted by molar-refractivity contribution is 5.54. The Kier molecular flexibility index (Phi) is 3.45. The van der Waals surface area contributed by atoms with Crippen LogP contribution in [0.4, 0.5) is 18.9 Å². The standard InChI is InChI=1S/C9H8F3NO4/c1-2-17-7-4-5(13(15)16)3-6(8(7)14)9(10,11)12/h3-4,14H,2H2,1H3. The summed E-state index contributed by atoms with van der Waals surface area (Å²) in [7, 11) is 0. The molecule has 0 spiro atoms. The maximum absolute atomic E-state index is 12.5. The number of rotatable bonds is 3. The van der Waals surface area contributed by atoms with Gasteiger partial charge in [0.2, 0.25) is 0 Å². The van der Waals surface area contributed by atoms with Crippen LogP contribution in [0, 0.1) is 10.1 Å². The first-order valence-corrected chi connectivity index (χ1v) is 4.48. The molecule has 5 nitrogen and oxygen atoms in total. The van der Waals surface area contributed by atoms with Crippen molar-refractivity contribution in [2.75, 3.05) is 6.61 Å². The number of ether oxygens (including phenoxy) is 1. The third-order valence-corrected chi connectivity index (χ3v) is 1.88. The summed E-state index contributed by atoms with van der Waals surface area (Å²) in [6.45, 7) is 1.46. The maximum atomic E-state index is 12.5. The van der Waals surface area contributed by atoms with Crippen LogP contribution in [0.1, 0.15) is 12.5 Å². The highest BCUT2D eigenvalue weighted by atomic mass is 19.4. The van der Waals surface area contributed by atoms with Gasteiger partial charge in [0, 0.05) is 6.07 Å². The highest BCUT2D eigenvalue weighted by Gasteiger charge is 2.37. The summed E-state index contributed by atoms with van der Waals surface area (Å²) in [5.74, 6) is -1.71. The molecule has 0 radical (unpaired) electrons. The number of hydrogen-bond acceptors (Lipinski definition) is 4. The van der Waals surface area contributed by atoms with E-state index in [1.807, 2.05) is 0 Å². The molecule has 17 heavy (non-hydrogen) atoms. The molecule has 1 rings (SSSR count). The Labute approximate surface area is 93.6 Å². The molecule has 0 saturated heterocycles. The van der Waals surface area contributed by atoms with Gasteiger partial charge in [-0.3, -0.25) is 10.1 Å². The van der Waals surface area contributed by atoms with E-state index in [-0.39, 0.29) is 12.7 Å². The summed E-state index contributed by atoms with van der Waals surface area (Å²) < 4.78 is 42.1. The Balaban J connectivity index is 3.43. The fraction of sp³-hybridized carbons (Fsp3) is 0.333. The highest BCUT2D eigenvalue weighted by Crippen LogP contribution is 2.43. The van der Waals surface area contributed by atoms with Gasteiger partial charge in [0.15, 0.2) is 11.5 Å². The van der Waals surface area contributed by atoms with E-state index in [9.17, 15) is 28.4 Å². The minimum absolute atomic E-state index is 0.0218. The summed E-state index contributed by atoms with van der Waals surface area (Å²) in [5, 5.41) is 19.7. The minimum Gasteiger partial charge on any atom is -0.504 e. The fourth-order valence-corrected chi connectivity index (χ4v) is 1.18. The average Bonchev–Trinajstić information content (AvgIpc) is 2.19. The first-order chi connectivity index (χ1) is 7.77. The lowest BCUT2D eigenvalue weighted by atomic mass is 10.1. The second-order valence-corrected chi connectivity index (χ2v) is 3.03. The molecule has 0 bridgehead atoms. The van der Waals surface area contributed by atoms with Crippen LogP contribution in [0.5, 0.6) is 11.5 Å². The van der Waals surface area contributed by atoms with Gasteiger partial charge < -0.3 is 9.84 Å². The molecule has 1 aromatic carbocycles. The van der Waals surface area contributed by atoms with Gasteiger partial charge in [-0.05, 0) is 6.92 Å². The number of nitro groups is 1. The molecule has 1 N–H and O–H groups in total. The zero-order valence-corrected chi connectivity index (χ0v) is 8.61. The summed E-state index contributed by atoms with van der Waals surface area (Å²) in [4.78, 5) is 9.46. The van der Waals surface area contributed by atoms with Crippen molar-refractivity contribution in [2.45, 2.75) is 13.1 Å². The van der Waals surface area contributed by atoms with Gasteiger partial charge >= 0.3 is 6.18 Å². The Morgan fingerprint density at radius 3 is 2.47 bits per heavy atom. The van der Waals surface area contributed by atoms with Crippen molar-refractivity contribution in [3.63, 3.8) is 0 Å². The lowest BCUT2D eigenvalue weighted by Gasteiger charge is -2.12. The SMILES string of the molecule is CCOc1cc([N+](=O)[O-])cc(C(F)(F)F)c1O. The van der Waals surface area contributed by atoms with Crippen molar-refractivity contribution in [3.8, 4) is 11.5 Å². The Morgan fingerprint density at radius 1 is 1.47 bits per heavy atom. The van der Waals surface area contributed by atoms with E-state index < -0.39 is 33.8 Å². The Morgan fingerprint density at radius 2 is 2.06 bits per heavy atom. The van der Waals surface area contributed by atoms with Crippen molar-refractivity contribution in [2.24, 2.45) is 0 Å². The van der Waals surface area contributed by atoms with Gasteiger partial charge in [0.1, 0.15) is 5.56 Å². The van der Waals surface area contributed by atoms with Crippen LogP contribution in [0.25, 0.3) is 0 Å². The van der Waals surface area contributed by atoms with E-state index >= 15 is 0 Å². The topological polar surface area (TPSA) is 72.6 Å². The molecule has 94 valence electrons. The number of nitro benzene ring substituents is 1. The largest absolute Gasteiger partial charge is 0.504 e. The quantitative estimate of drug-likeness (QED) is 0.662. The van der Waals surface area contributed by atoms with Gasteiger partial charge in [-0.15, -0.1) is 0 Å². The average molecular weight is 251 g/mol. The number of phenols is 1. The van der Waals surface area contributed by atoms with Gasteiger partial charge in [0.05, 0.1) is 17.6 Å². The first kappa shape index (κ1) is 13.1. The second-order valence-electron chi connectivity index (χ2n) is 3.03. The maximum Gasteiger partial charge on any atom is 0.420 e. The van der Waals surface area contributed by atoms with Crippen LogP contribution in [0.2, 0.25) is 0 Å². The number of halogens is 3. The van der Waals surface area contributed by atoms with Crippen LogP contribution in [0.15, 0.2) is 12.1 Å². The van der Waals surface area contributed by atoms with Crippen molar-refractivity contribution in [1.29, 1.82) is 0 Å². The molecule has 0 saturated carbocycles. The second kappa shape index (κ2) is 4.48. The number of non-ortho nitro benzene ring substituents is 1. The minimum atomic E-state index is -4.89. The van der Waals surface area contributed by atoms with Crippen molar-refractivity contribution >= 4 is 5.69 Å². The van der Waals surface area contributed by atoms with Crippen LogP contribution < -0.4 is 4.74 Å². The summed E-state index contributed by atoms with van der Waals surface area (Å²) in [6, 6.07) is 1.01. The summed E-state index contributed by atoms with van der Waals surface area (Å²) in [5.41, 5.74) is -2.28. The van der Waals surface area contributed by atoms with E-state index in [1.54, 1.807) is 0 Å². The van der Waals surface area contributed by atoms with Crippen molar-refractivity contribution in [3.05, 3.63) is 27.8 Å². The number of aromatic hydroxyl groups is 1. The van der Waals surface area contributed by atoms with Gasteiger partial charge in [0.25, 0.3) is 5.69 Å². The lowest BCUT2D eigenvalue weighted by molar-refractivity contribution is -0.385. The molecular formula is C9H8F3NO4. The molecule has 0 amide bonds. The number of alkyl halides is 3. The van der Waals surface area contributed by atoms with E-state index in [1.165, 1.54) is 6.92 Å². The van der Waals surface area contributed by atoms with E-state index in [4.69, 9.17) is 4.74 Å². The molecule has 0 aliphatic carbocycles. The van der Waals surface area contributed by atoms with E-state index in [0.717, 1.165) is 6.07 Å². The number of phenolic OH excluding ortho intramolecular Hbond substituents is 1. The summed E-state index contributed by atoms with van der Waals surface area (Å²) in [6.07, 6.45) is -4.89. The molecular weight excluding hydrogens is 243 g/mol. The van der Waals surface area contributed by atoms with Crippen molar-refractivity contribution < 1.29 is 27.9 Å². The van der Waals surface area contributed by atoms with Crippen LogP contribution >= 0.6 is 0 Å². The molecule has 0 atom stereocenters. The van der Waals surface area contributed by atoms with Crippen LogP contribution in [0.3, 0.4) is 0 Å². The fourth-order valence-electron chi connectivity index (χ4n) is 1.18. The van der Waals surface area contributed by atoms with Gasteiger partial charge in [-0.25, -0.2) is 0 Å². The molecule has 0 aliphatic heterocycles. The molecule has 0 aliphatic rings. The Bertz CT molecular complexity index is 445. The molecule has 0 aromatic heterocycles. The molecule has 0 unspecified atom stereocenters. The molecule has 1 aromatic rings. The smallest absolute Gasteiger partial charge is 0.420 e. The third kappa shape index (κ3) is 2.77. The monoisotopic (exact) mass is 251 g/mol. The third-order valence-electron chi connectivity index (χ3n) is 1.88. The zero-order valence-electron chi connectivity index (χ0n) is 8.61. The van der Waals surface area contributed by atoms with Gasteiger partial charge in [-0.1, -0.05) is 0 Å². The first-order valence-electron chi connectivity index (χ1n) is 4.48. The number of hydrogen-bond donors (Lipinski definition) is 1. The molecule has 8 heteroatoms. The zero-order chi connectivity index (χ0) is 13.2. The predicted octanol–water partition coefficient (Wildman–Crippen LogP) is 2.72. The predicted molar refractivity (Wildman–Crippen MR) is 50.9 cm³/mol. The van der Waals surface area contributed by atoms with Gasteiger partial charge in [-0.2, -0.15) is 13.2 Å². The molecule has 0 fully saturated rings. The number of nitrogens with zero attached hydrogens (tertiary/aromatic N) is 1. The number of benzene rings is 1. The van der Waals surface area contributed by atoms with E-state index in [0.29, 0.717) is 0 Å². The van der Waals surface area contributed by atoms with Crippen molar-refractivity contribution in [1.82, 2.24) is 0 Å². The van der Waals surface area contributed by atoms with Crippen LogP contribution in [-0.4, -0.2) is 16.6 Å². The van der Waals surface area contributed by atoms with E-state index in [2.05, 4.69) is 0 Å². The Hall–Kier alpha value is -1.99. The van der Waals surface area contributed by atoms with Crippen LogP contribution in [-0.2, 0) is 6.18 Å². The molecule has 0 heterocycles. The summed E-state index contributed by atoms with van der Waals surface area (Å²) >= 11 is 0. The lowest BCUT2D eigenvalue weighted by Crippen LogP contribution is -2.07. The normalized spacial score (nSPS) is 11.3.